The number of amides is 1. The molecule has 10 nitrogen and oxygen atoms in total. The van der Waals surface area contributed by atoms with E-state index >= 15 is 0 Å². The Bertz CT molecular complexity index is 1190. The highest BCUT2D eigenvalue weighted by molar-refractivity contribution is 6.44. The first-order valence-corrected chi connectivity index (χ1v) is 10.1. The smallest absolute Gasteiger partial charge is 0.360 e. The maximum Gasteiger partial charge on any atom is 0.360 e. The van der Waals surface area contributed by atoms with E-state index in [1.54, 1.807) is 12.1 Å². The van der Waals surface area contributed by atoms with Gasteiger partial charge in [0.25, 0.3) is 5.91 Å². The summed E-state index contributed by atoms with van der Waals surface area (Å²) in [5, 5.41) is 24.4. The number of carbonyl (C=O) groups is 1. The lowest BCUT2D eigenvalue weighted by molar-refractivity contribution is -0.154. The van der Waals surface area contributed by atoms with Gasteiger partial charge in [-0.05, 0) is 18.2 Å². The molecule has 1 amide bonds. The molecule has 4 unspecified atom stereocenters. The van der Waals surface area contributed by atoms with Crippen LogP contribution in [0.25, 0.3) is 11.0 Å². The predicted octanol–water partition coefficient (Wildman–Crippen LogP) is 1.19. The number of methoxy groups -OCH3 is 2. The van der Waals surface area contributed by atoms with E-state index in [-0.39, 0.29) is 29.2 Å². The first kappa shape index (κ1) is 22.1. The number of aliphatic hydroxyl groups is 2. The van der Waals surface area contributed by atoms with E-state index < -0.39 is 34.7 Å². The van der Waals surface area contributed by atoms with Crippen LogP contribution in [0.15, 0.2) is 44.7 Å². The number of halogens is 1. The van der Waals surface area contributed by atoms with Crippen LogP contribution >= 0.6 is 11.6 Å². The van der Waals surface area contributed by atoms with Crippen LogP contribution in [0.1, 0.15) is 6.42 Å². The number of alkyl halides is 1. The lowest BCUT2D eigenvalue weighted by Gasteiger charge is -2.43. The summed E-state index contributed by atoms with van der Waals surface area (Å²) in [5.41, 5.74) is -2.59. The van der Waals surface area contributed by atoms with Gasteiger partial charge in [0.2, 0.25) is 5.75 Å². The Morgan fingerprint density at radius 1 is 1.31 bits per heavy atom. The molecule has 2 aromatic rings. The molecule has 0 bridgehead atoms. The Labute approximate surface area is 187 Å². The number of hydrogen-bond acceptors (Lipinski definition) is 9. The summed E-state index contributed by atoms with van der Waals surface area (Å²) in [4.78, 5) is 32.0. The van der Waals surface area contributed by atoms with E-state index in [9.17, 15) is 19.8 Å². The first-order chi connectivity index (χ1) is 15.2. The largest absolute Gasteiger partial charge is 0.493 e. The molecule has 1 aliphatic heterocycles. The summed E-state index contributed by atoms with van der Waals surface area (Å²) < 4.78 is 15.9. The zero-order chi connectivity index (χ0) is 23.2. The first-order valence-electron chi connectivity index (χ1n) is 9.63. The van der Waals surface area contributed by atoms with Gasteiger partial charge in [-0.25, -0.2) is 4.79 Å². The van der Waals surface area contributed by atoms with Gasteiger partial charge in [0.1, 0.15) is 23.1 Å². The Kier molecular flexibility index (Phi) is 5.61. The monoisotopic (exact) mass is 464 g/mol. The van der Waals surface area contributed by atoms with E-state index in [0.717, 1.165) is 4.90 Å². The van der Waals surface area contributed by atoms with Crippen molar-refractivity contribution in [3.63, 3.8) is 0 Å². The van der Waals surface area contributed by atoms with Gasteiger partial charge in [0, 0.05) is 18.9 Å². The molecule has 1 aromatic heterocycles. The summed E-state index contributed by atoms with van der Waals surface area (Å²) in [7, 11) is 4.25. The molecular formula is C21H21ClN2O8. The highest BCUT2D eigenvalue weighted by Gasteiger charge is 2.53. The van der Waals surface area contributed by atoms with Gasteiger partial charge >= 0.3 is 5.63 Å². The maximum atomic E-state index is 13.1. The van der Waals surface area contributed by atoms with Crippen LogP contribution in [-0.2, 0) is 9.63 Å². The molecular weight excluding hydrogens is 444 g/mol. The lowest BCUT2D eigenvalue weighted by Crippen LogP contribution is -2.61. The molecule has 0 fully saturated rings. The van der Waals surface area contributed by atoms with Gasteiger partial charge in [-0.3, -0.25) is 4.79 Å². The van der Waals surface area contributed by atoms with E-state index in [1.165, 1.54) is 39.5 Å². The average Bonchev–Trinajstić information content (AvgIpc) is 2.79. The number of carbonyl (C=O) groups excluding carboxylic acids is 1. The number of fused-ring (bicyclic) bond motifs is 2. The molecule has 2 heterocycles. The summed E-state index contributed by atoms with van der Waals surface area (Å²) in [6.45, 7) is 0. The minimum absolute atomic E-state index is 0.0578. The van der Waals surface area contributed by atoms with Crippen LogP contribution in [0, 0.1) is 0 Å². The molecule has 2 aliphatic rings. The third-order valence-corrected chi connectivity index (χ3v) is 6.15. The number of rotatable bonds is 4. The average molecular weight is 465 g/mol. The molecule has 170 valence electrons. The van der Waals surface area contributed by atoms with Gasteiger partial charge < -0.3 is 33.8 Å². The minimum atomic E-state index is -1.75. The van der Waals surface area contributed by atoms with Crippen LogP contribution in [0.4, 0.5) is 5.69 Å². The third kappa shape index (κ3) is 3.40. The van der Waals surface area contributed by atoms with Crippen molar-refractivity contribution in [2.45, 2.75) is 29.6 Å². The predicted molar refractivity (Wildman–Crippen MR) is 116 cm³/mol. The molecule has 4 atom stereocenters. The summed E-state index contributed by atoms with van der Waals surface area (Å²) >= 11 is 6.21. The molecule has 0 radical (unpaired) electrons. The van der Waals surface area contributed by atoms with Crippen molar-refractivity contribution in [2.75, 3.05) is 26.2 Å². The Hall–Kier alpha value is -3.08. The van der Waals surface area contributed by atoms with Crippen molar-refractivity contribution in [3.8, 4) is 11.5 Å². The van der Waals surface area contributed by atoms with Crippen molar-refractivity contribution in [1.29, 1.82) is 0 Å². The lowest BCUT2D eigenvalue weighted by atomic mass is 9.79. The standard InChI is InChI=1S/C21H21ClN2O8/c1-24(12-8-10-4-6-14(29-2)17(30-3)16(10)31-20(12)27)19(26)11-9-21(28)15(22)7-5-13(25)18(21)32-23-11/h4-8,13,15,18,25,28H,9H2,1-3H3. The highest BCUT2D eigenvalue weighted by Crippen LogP contribution is 2.38. The fourth-order valence-corrected chi connectivity index (χ4v) is 4.12. The Morgan fingerprint density at radius 2 is 2.06 bits per heavy atom. The van der Waals surface area contributed by atoms with E-state index in [0.29, 0.717) is 11.1 Å². The molecule has 1 aromatic carbocycles. The van der Waals surface area contributed by atoms with Crippen molar-refractivity contribution in [3.05, 3.63) is 40.8 Å². The Balaban J connectivity index is 1.68. The van der Waals surface area contributed by atoms with Crippen LogP contribution in [0.3, 0.4) is 0 Å². The second-order valence-corrected chi connectivity index (χ2v) is 7.98. The van der Waals surface area contributed by atoms with Gasteiger partial charge in [-0.15, -0.1) is 11.6 Å². The molecule has 32 heavy (non-hydrogen) atoms. The van der Waals surface area contributed by atoms with Crippen LogP contribution in [0.5, 0.6) is 11.5 Å². The summed E-state index contributed by atoms with van der Waals surface area (Å²) in [5.74, 6) is -0.0638. The van der Waals surface area contributed by atoms with Gasteiger partial charge in [0.15, 0.2) is 17.4 Å². The second-order valence-electron chi connectivity index (χ2n) is 7.51. The number of benzene rings is 1. The molecule has 4 rings (SSSR count). The van der Waals surface area contributed by atoms with Gasteiger partial charge in [-0.1, -0.05) is 17.3 Å². The molecule has 1 aliphatic carbocycles. The number of ether oxygens (including phenoxy) is 2. The molecule has 0 saturated heterocycles. The van der Waals surface area contributed by atoms with Crippen molar-refractivity contribution < 1.29 is 33.7 Å². The van der Waals surface area contributed by atoms with Crippen molar-refractivity contribution in [2.24, 2.45) is 5.16 Å². The molecule has 0 saturated carbocycles. The Morgan fingerprint density at radius 3 is 2.75 bits per heavy atom. The number of nitrogens with zero attached hydrogens (tertiary/aromatic N) is 2. The third-order valence-electron chi connectivity index (χ3n) is 5.62. The highest BCUT2D eigenvalue weighted by atomic mass is 35.5. The number of aliphatic hydroxyl groups excluding tert-OH is 1. The zero-order valence-electron chi connectivity index (χ0n) is 17.4. The zero-order valence-corrected chi connectivity index (χ0v) is 18.2. The molecule has 0 spiro atoms. The fraction of sp³-hybridized carbons (Fsp3) is 0.381. The van der Waals surface area contributed by atoms with E-state index in [2.05, 4.69) is 5.16 Å². The van der Waals surface area contributed by atoms with Gasteiger partial charge in [-0.2, -0.15) is 0 Å². The number of oxime groups is 1. The van der Waals surface area contributed by atoms with Crippen LogP contribution in [-0.4, -0.2) is 66.3 Å². The molecule has 2 N–H and O–H groups in total. The van der Waals surface area contributed by atoms with Crippen LogP contribution < -0.4 is 20.0 Å². The van der Waals surface area contributed by atoms with Crippen molar-refractivity contribution >= 4 is 39.9 Å². The molecule has 11 heteroatoms. The van der Waals surface area contributed by atoms with E-state index in [4.69, 9.17) is 30.3 Å². The quantitative estimate of drug-likeness (QED) is 0.392. The number of hydrogen-bond donors (Lipinski definition) is 2. The topological polar surface area (TPSA) is 131 Å². The normalized spacial score (nSPS) is 26.7. The number of anilines is 1. The maximum absolute atomic E-state index is 13.1. The summed E-state index contributed by atoms with van der Waals surface area (Å²) in [6.07, 6.45) is 0.301. The van der Waals surface area contributed by atoms with E-state index in [1.807, 2.05) is 0 Å². The minimum Gasteiger partial charge on any atom is -0.493 e. The summed E-state index contributed by atoms with van der Waals surface area (Å²) in [6, 6.07) is 4.77. The SMILES string of the molecule is COc1ccc2cc(N(C)C(=O)C3=NOC4C(O)C=CC(Cl)C4(O)C3)c(=O)oc2c1OC. The van der Waals surface area contributed by atoms with Crippen molar-refractivity contribution in [1.82, 2.24) is 0 Å². The van der Waals surface area contributed by atoms with Gasteiger partial charge in [0.05, 0.1) is 19.6 Å². The second kappa shape index (κ2) is 8.12. The van der Waals surface area contributed by atoms with Crippen LogP contribution in [0.2, 0.25) is 0 Å². The fourth-order valence-electron chi connectivity index (χ4n) is 3.84.